The van der Waals surface area contributed by atoms with Gasteiger partial charge < -0.3 is 14.1 Å². The van der Waals surface area contributed by atoms with Crippen molar-refractivity contribution in [3.63, 3.8) is 0 Å². The number of aryl methyl sites for hydroxylation is 1. The molecule has 0 bridgehead atoms. The van der Waals surface area contributed by atoms with Gasteiger partial charge in [0.15, 0.2) is 0 Å². The molecule has 0 aliphatic heterocycles. The quantitative estimate of drug-likeness (QED) is 0.502. The number of nitrogens with zero attached hydrogens (tertiary/aromatic N) is 1. The van der Waals surface area contributed by atoms with Gasteiger partial charge in [-0.25, -0.2) is 4.79 Å². The van der Waals surface area contributed by atoms with E-state index in [9.17, 15) is 9.59 Å². The number of carbonyl (C=O) groups is 1. The van der Waals surface area contributed by atoms with Gasteiger partial charge in [-0.2, -0.15) is 0 Å². The van der Waals surface area contributed by atoms with Crippen LogP contribution in [0.25, 0.3) is 22.1 Å². The van der Waals surface area contributed by atoms with Gasteiger partial charge in [-0.3, -0.25) is 4.79 Å². The van der Waals surface area contributed by atoms with Gasteiger partial charge in [0.25, 0.3) is 0 Å². The second kappa shape index (κ2) is 7.66. The molecule has 5 nitrogen and oxygen atoms in total. The predicted molar refractivity (Wildman–Crippen MR) is 107 cm³/mol. The van der Waals surface area contributed by atoms with Gasteiger partial charge in [-0.1, -0.05) is 24.3 Å². The van der Waals surface area contributed by atoms with Gasteiger partial charge >= 0.3 is 11.6 Å². The van der Waals surface area contributed by atoms with Crippen LogP contribution in [0.1, 0.15) is 19.4 Å². The van der Waals surface area contributed by atoms with Crippen LogP contribution < -0.4 is 10.5 Å². The first-order chi connectivity index (χ1) is 12.8. The first-order valence-corrected chi connectivity index (χ1v) is 8.89. The van der Waals surface area contributed by atoms with E-state index in [1.165, 1.54) is 6.07 Å². The standard InChI is InChI=1S/C22H23NO4/c1-14(2)26-22(25)13-23(4)16-9-10-18-19(12-21(24)27-20(18)11-16)17-8-6-5-7-15(17)3/h5-12,14H,13H2,1-4H3. The molecule has 0 unspecified atom stereocenters. The average Bonchev–Trinajstić information content (AvgIpc) is 2.60. The fraction of sp³-hybridized carbons (Fsp3) is 0.273. The Morgan fingerprint density at radius 2 is 1.85 bits per heavy atom. The highest BCUT2D eigenvalue weighted by molar-refractivity contribution is 5.95. The number of ether oxygens (including phenoxy) is 1. The van der Waals surface area contributed by atoms with Crippen LogP contribution in [-0.4, -0.2) is 25.7 Å². The van der Waals surface area contributed by atoms with Crippen LogP contribution in [0.15, 0.2) is 57.7 Å². The van der Waals surface area contributed by atoms with E-state index in [0.29, 0.717) is 5.58 Å². The molecule has 0 aliphatic carbocycles. The third-order valence-electron chi connectivity index (χ3n) is 4.34. The lowest BCUT2D eigenvalue weighted by Crippen LogP contribution is -2.28. The minimum absolute atomic E-state index is 0.116. The monoisotopic (exact) mass is 365 g/mol. The van der Waals surface area contributed by atoms with Gasteiger partial charge in [0, 0.05) is 35.8 Å². The summed E-state index contributed by atoms with van der Waals surface area (Å²) in [4.78, 5) is 25.8. The van der Waals surface area contributed by atoms with Gasteiger partial charge in [0.2, 0.25) is 0 Å². The van der Waals surface area contributed by atoms with E-state index in [1.54, 1.807) is 18.0 Å². The Morgan fingerprint density at radius 1 is 1.11 bits per heavy atom. The molecule has 3 rings (SSSR count). The molecule has 1 heterocycles. The fourth-order valence-electron chi connectivity index (χ4n) is 3.07. The van der Waals surface area contributed by atoms with E-state index in [4.69, 9.17) is 9.15 Å². The number of benzene rings is 2. The van der Waals surface area contributed by atoms with Crippen molar-refractivity contribution in [2.24, 2.45) is 0 Å². The SMILES string of the molecule is Cc1ccccc1-c1cc(=O)oc2cc(N(C)CC(=O)OC(C)C)ccc12. The maximum atomic E-state index is 12.1. The lowest BCUT2D eigenvalue weighted by atomic mass is 9.98. The summed E-state index contributed by atoms with van der Waals surface area (Å²) in [6.45, 7) is 5.76. The van der Waals surface area contributed by atoms with E-state index < -0.39 is 5.63 Å². The molecule has 0 spiro atoms. The van der Waals surface area contributed by atoms with Crippen LogP contribution in [-0.2, 0) is 9.53 Å². The second-order valence-corrected chi connectivity index (χ2v) is 6.87. The van der Waals surface area contributed by atoms with Crippen molar-refractivity contribution in [1.29, 1.82) is 0 Å². The van der Waals surface area contributed by atoms with Gasteiger partial charge in [0.1, 0.15) is 12.1 Å². The van der Waals surface area contributed by atoms with Crippen molar-refractivity contribution in [1.82, 2.24) is 0 Å². The molecular weight excluding hydrogens is 342 g/mol. The molecule has 0 N–H and O–H groups in total. The molecule has 0 aliphatic rings. The number of hydrogen-bond donors (Lipinski definition) is 0. The minimum Gasteiger partial charge on any atom is -0.462 e. The summed E-state index contributed by atoms with van der Waals surface area (Å²) < 4.78 is 10.6. The van der Waals surface area contributed by atoms with Crippen LogP contribution in [0.2, 0.25) is 0 Å². The van der Waals surface area contributed by atoms with E-state index in [0.717, 1.165) is 27.8 Å². The Hall–Kier alpha value is -3.08. The van der Waals surface area contributed by atoms with Crippen LogP contribution in [0.4, 0.5) is 5.69 Å². The van der Waals surface area contributed by atoms with Crippen LogP contribution in [0.3, 0.4) is 0 Å². The van der Waals surface area contributed by atoms with Crippen molar-refractivity contribution in [2.75, 3.05) is 18.5 Å². The van der Waals surface area contributed by atoms with Crippen molar-refractivity contribution in [3.05, 3.63) is 64.5 Å². The highest BCUT2D eigenvalue weighted by atomic mass is 16.5. The molecule has 0 radical (unpaired) electrons. The minimum atomic E-state index is -0.403. The highest BCUT2D eigenvalue weighted by Crippen LogP contribution is 2.31. The van der Waals surface area contributed by atoms with Crippen LogP contribution >= 0.6 is 0 Å². The molecule has 0 saturated heterocycles. The number of anilines is 1. The summed E-state index contributed by atoms with van der Waals surface area (Å²) in [5.74, 6) is -0.303. The van der Waals surface area contributed by atoms with Gasteiger partial charge in [-0.15, -0.1) is 0 Å². The molecule has 3 aromatic rings. The molecule has 27 heavy (non-hydrogen) atoms. The summed E-state index contributed by atoms with van der Waals surface area (Å²) in [7, 11) is 1.80. The third kappa shape index (κ3) is 4.19. The number of hydrogen-bond acceptors (Lipinski definition) is 5. The Kier molecular flexibility index (Phi) is 5.31. The lowest BCUT2D eigenvalue weighted by molar-refractivity contribution is -0.145. The summed E-state index contributed by atoms with van der Waals surface area (Å²) >= 11 is 0. The maximum absolute atomic E-state index is 12.1. The largest absolute Gasteiger partial charge is 0.462 e. The van der Waals surface area contributed by atoms with Crippen LogP contribution in [0, 0.1) is 6.92 Å². The normalized spacial score (nSPS) is 11.0. The predicted octanol–water partition coefficient (Wildman–Crippen LogP) is 4.16. The number of rotatable bonds is 5. The summed E-state index contributed by atoms with van der Waals surface area (Å²) in [6.07, 6.45) is -0.155. The molecule has 1 aromatic heterocycles. The number of esters is 1. The van der Waals surface area contributed by atoms with E-state index in [1.807, 2.05) is 57.2 Å². The zero-order valence-corrected chi connectivity index (χ0v) is 16.0. The lowest BCUT2D eigenvalue weighted by Gasteiger charge is -2.19. The zero-order valence-electron chi connectivity index (χ0n) is 16.0. The molecule has 0 amide bonds. The summed E-state index contributed by atoms with van der Waals surface area (Å²) in [5, 5.41) is 0.853. The van der Waals surface area contributed by atoms with Crippen molar-refractivity contribution >= 4 is 22.6 Å². The maximum Gasteiger partial charge on any atom is 0.336 e. The second-order valence-electron chi connectivity index (χ2n) is 6.87. The smallest absolute Gasteiger partial charge is 0.336 e. The van der Waals surface area contributed by atoms with Crippen molar-refractivity contribution < 1.29 is 13.9 Å². The van der Waals surface area contributed by atoms with E-state index >= 15 is 0 Å². The highest BCUT2D eigenvalue weighted by Gasteiger charge is 2.14. The Morgan fingerprint density at radius 3 is 2.56 bits per heavy atom. The molecule has 140 valence electrons. The zero-order chi connectivity index (χ0) is 19.6. The Balaban J connectivity index is 2.01. The topological polar surface area (TPSA) is 59.8 Å². The molecular formula is C22H23NO4. The van der Waals surface area contributed by atoms with Crippen molar-refractivity contribution in [2.45, 2.75) is 26.9 Å². The number of carbonyl (C=O) groups excluding carboxylic acids is 1. The van der Waals surface area contributed by atoms with Crippen LogP contribution in [0.5, 0.6) is 0 Å². The number of fused-ring (bicyclic) bond motifs is 1. The fourth-order valence-corrected chi connectivity index (χ4v) is 3.07. The first-order valence-electron chi connectivity index (χ1n) is 8.89. The summed E-state index contributed by atoms with van der Waals surface area (Å²) in [5.41, 5.74) is 3.78. The summed E-state index contributed by atoms with van der Waals surface area (Å²) in [6, 6.07) is 15.0. The van der Waals surface area contributed by atoms with Crippen molar-refractivity contribution in [3.8, 4) is 11.1 Å². The molecule has 5 heteroatoms. The molecule has 0 fully saturated rings. The molecule has 2 aromatic carbocycles. The first kappa shape index (κ1) is 18.7. The number of likely N-dealkylation sites (N-methyl/N-ethyl adjacent to an activating group) is 1. The van der Waals surface area contributed by atoms with E-state index in [-0.39, 0.29) is 18.6 Å². The van der Waals surface area contributed by atoms with Gasteiger partial charge in [-0.05, 0) is 44.0 Å². The van der Waals surface area contributed by atoms with Gasteiger partial charge in [0.05, 0.1) is 6.10 Å². The Labute approximate surface area is 158 Å². The average molecular weight is 365 g/mol. The Bertz CT molecular complexity index is 1040. The van der Waals surface area contributed by atoms with E-state index in [2.05, 4.69) is 0 Å². The molecule has 0 atom stereocenters. The molecule has 0 saturated carbocycles. The third-order valence-corrected chi connectivity index (χ3v) is 4.34.